The lowest BCUT2D eigenvalue weighted by atomic mass is 10.0. The summed E-state index contributed by atoms with van der Waals surface area (Å²) in [7, 11) is 0. The largest absolute Gasteiger partial charge is 0.459 e. The fourth-order valence-corrected chi connectivity index (χ4v) is 2.30. The summed E-state index contributed by atoms with van der Waals surface area (Å²) in [5.41, 5.74) is 0.512. The van der Waals surface area contributed by atoms with Gasteiger partial charge in [0.1, 0.15) is 11.6 Å². The summed E-state index contributed by atoms with van der Waals surface area (Å²) < 4.78 is 5.61. The van der Waals surface area contributed by atoms with E-state index in [2.05, 4.69) is 25.7 Å². The molecule has 20 heavy (non-hydrogen) atoms. The molecule has 0 bridgehead atoms. The van der Waals surface area contributed by atoms with Crippen molar-refractivity contribution in [3.8, 4) is 0 Å². The molecule has 1 rings (SSSR count). The molecule has 0 spiro atoms. The molecule has 0 heterocycles. The Balaban J connectivity index is 3.11. The Morgan fingerprint density at radius 2 is 1.75 bits per heavy atom. The number of ether oxygens (including phenoxy) is 1. The molecule has 0 aliphatic carbocycles. The van der Waals surface area contributed by atoms with Gasteiger partial charge in [0, 0.05) is 6.04 Å². The molecule has 112 valence electrons. The van der Waals surface area contributed by atoms with Crippen molar-refractivity contribution in [2.75, 3.05) is 6.54 Å². The van der Waals surface area contributed by atoms with Crippen LogP contribution in [0.1, 0.15) is 53.1 Å². The van der Waals surface area contributed by atoms with Crippen molar-refractivity contribution in [3.63, 3.8) is 0 Å². The zero-order chi connectivity index (χ0) is 15.3. The van der Waals surface area contributed by atoms with Crippen molar-refractivity contribution < 1.29 is 9.53 Å². The van der Waals surface area contributed by atoms with Gasteiger partial charge in [-0.05, 0) is 46.7 Å². The zero-order valence-electron chi connectivity index (χ0n) is 13.5. The number of hydrogen-bond acceptors (Lipinski definition) is 3. The van der Waals surface area contributed by atoms with E-state index in [1.54, 1.807) is 0 Å². The van der Waals surface area contributed by atoms with Gasteiger partial charge in [-0.15, -0.1) is 0 Å². The summed E-state index contributed by atoms with van der Waals surface area (Å²) in [5, 5.41) is 0. The molecule has 1 aromatic rings. The van der Waals surface area contributed by atoms with E-state index in [4.69, 9.17) is 4.74 Å². The maximum absolute atomic E-state index is 12.6. The Morgan fingerprint density at radius 1 is 1.20 bits per heavy atom. The van der Waals surface area contributed by atoms with Gasteiger partial charge in [0.15, 0.2) is 0 Å². The van der Waals surface area contributed by atoms with Crippen molar-refractivity contribution >= 4 is 5.97 Å². The van der Waals surface area contributed by atoms with Crippen LogP contribution in [0.5, 0.6) is 0 Å². The number of carbonyl (C=O) groups is 1. The lowest BCUT2D eigenvalue weighted by Gasteiger charge is -2.34. The highest BCUT2D eigenvalue weighted by Crippen LogP contribution is 2.26. The quantitative estimate of drug-likeness (QED) is 0.767. The first-order valence-electron chi connectivity index (χ1n) is 7.29. The molecule has 0 saturated carbocycles. The zero-order valence-corrected chi connectivity index (χ0v) is 13.5. The summed E-state index contributed by atoms with van der Waals surface area (Å²) in [6.07, 6.45) is 0. The molecular weight excluding hydrogens is 250 g/mol. The van der Waals surface area contributed by atoms with E-state index in [9.17, 15) is 4.79 Å². The molecule has 0 amide bonds. The third-order valence-corrected chi connectivity index (χ3v) is 3.11. The Hall–Kier alpha value is -1.35. The molecule has 3 nitrogen and oxygen atoms in total. The number of rotatable bonds is 5. The summed E-state index contributed by atoms with van der Waals surface area (Å²) in [6.45, 7) is 12.8. The molecule has 1 atom stereocenters. The molecule has 0 fully saturated rings. The minimum atomic E-state index is -0.472. The summed E-state index contributed by atoms with van der Waals surface area (Å²) in [6, 6.07) is 9.78. The van der Waals surface area contributed by atoms with Crippen LogP contribution in [0.4, 0.5) is 0 Å². The second-order valence-electron chi connectivity index (χ2n) is 6.27. The molecule has 0 aliphatic heterocycles. The predicted molar refractivity (Wildman–Crippen MR) is 82.5 cm³/mol. The van der Waals surface area contributed by atoms with Crippen LogP contribution >= 0.6 is 0 Å². The van der Waals surface area contributed by atoms with Crippen molar-refractivity contribution in [1.82, 2.24) is 4.90 Å². The maximum Gasteiger partial charge on any atom is 0.328 e. The van der Waals surface area contributed by atoms with Crippen LogP contribution in [0.3, 0.4) is 0 Å². The minimum Gasteiger partial charge on any atom is -0.459 e. The van der Waals surface area contributed by atoms with Gasteiger partial charge >= 0.3 is 5.97 Å². The summed E-state index contributed by atoms with van der Waals surface area (Å²) in [4.78, 5) is 14.8. The molecule has 0 aromatic heterocycles. The second kappa shape index (κ2) is 6.89. The van der Waals surface area contributed by atoms with Crippen molar-refractivity contribution in [1.29, 1.82) is 0 Å². The molecule has 1 aromatic carbocycles. The van der Waals surface area contributed by atoms with Gasteiger partial charge in [-0.2, -0.15) is 0 Å². The van der Waals surface area contributed by atoms with Gasteiger partial charge in [-0.25, -0.2) is 4.79 Å². The van der Waals surface area contributed by atoms with Crippen molar-refractivity contribution in [2.24, 2.45) is 0 Å². The Labute approximate surface area is 122 Å². The molecule has 3 heteroatoms. The lowest BCUT2D eigenvalue weighted by molar-refractivity contribution is -0.162. The number of nitrogens with zero attached hydrogens (tertiary/aromatic N) is 1. The SMILES string of the molecule is CCN(C(C)C)C(C(=O)OC(C)(C)C)c1ccccc1. The van der Waals surface area contributed by atoms with Crippen LogP contribution in [-0.2, 0) is 9.53 Å². The molecule has 0 saturated heterocycles. The van der Waals surface area contributed by atoms with Crippen LogP contribution < -0.4 is 0 Å². The van der Waals surface area contributed by atoms with E-state index in [1.807, 2.05) is 51.1 Å². The number of esters is 1. The van der Waals surface area contributed by atoms with Crippen LogP contribution in [0.2, 0.25) is 0 Å². The average molecular weight is 277 g/mol. The lowest BCUT2D eigenvalue weighted by Crippen LogP contribution is -2.41. The van der Waals surface area contributed by atoms with Gasteiger partial charge < -0.3 is 4.74 Å². The maximum atomic E-state index is 12.6. The van der Waals surface area contributed by atoms with Crippen molar-refractivity contribution in [3.05, 3.63) is 35.9 Å². The minimum absolute atomic E-state index is 0.181. The molecular formula is C17H27NO2. The fourth-order valence-electron chi connectivity index (χ4n) is 2.30. The highest BCUT2D eigenvalue weighted by atomic mass is 16.6. The topological polar surface area (TPSA) is 29.5 Å². The van der Waals surface area contributed by atoms with E-state index < -0.39 is 5.60 Å². The Bertz CT molecular complexity index is 420. The average Bonchev–Trinajstić information content (AvgIpc) is 2.33. The van der Waals surface area contributed by atoms with E-state index in [0.717, 1.165) is 12.1 Å². The molecule has 0 N–H and O–H groups in total. The number of carbonyl (C=O) groups excluding carboxylic acids is 1. The fraction of sp³-hybridized carbons (Fsp3) is 0.588. The van der Waals surface area contributed by atoms with Gasteiger partial charge in [0.05, 0.1) is 0 Å². The molecule has 1 unspecified atom stereocenters. The third kappa shape index (κ3) is 4.64. The first-order chi connectivity index (χ1) is 9.26. The number of benzene rings is 1. The smallest absolute Gasteiger partial charge is 0.328 e. The molecule has 0 aliphatic rings. The van der Waals surface area contributed by atoms with Gasteiger partial charge in [-0.1, -0.05) is 37.3 Å². The second-order valence-corrected chi connectivity index (χ2v) is 6.27. The van der Waals surface area contributed by atoms with Crippen LogP contribution in [-0.4, -0.2) is 29.1 Å². The standard InChI is InChI=1S/C17H27NO2/c1-7-18(13(2)3)15(14-11-9-8-10-12-14)16(19)20-17(4,5)6/h8-13,15H,7H2,1-6H3. The van der Waals surface area contributed by atoms with Crippen LogP contribution in [0.15, 0.2) is 30.3 Å². The van der Waals surface area contributed by atoms with Crippen LogP contribution in [0, 0.1) is 0 Å². The van der Waals surface area contributed by atoms with Crippen LogP contribution in [0.25, 0.3) is 0 Å². The van der Waals surface area contributed by atoms with Gasteiger partial charge in [0.2, 0.25) is 0 Å². The van der Waals surface area contributed by atoms with Crippen molar-refractivity contribution in [2.45, 2.75) is 59.2 Å². The van der Waals surface area contributed by atoms with E-state index in [0.29, 0.717) is 0 Å². The summed E-state index contributed by atoms with van der Waals surface area (Å²) >= 11 is 0. The van der Waals surface area contributed by atoms with E-state index in [1.165, 1.54) is 0 Å². The highest BCUT2D eigenvalue weighted by molar-refractivity contribution is 5.78. The Morgan fingerprint density at radius 3 is 2.15 bits per heavy atom. The van der Waals surface area contributed by atoms with E-state index in [-0.39, 0.29) is 18.1 Å². The number of likely N-dealkylation sites (N-methyl/N-ethyl adjacent to an activating group) is 1. The van der Waals surface area contributed by atoms with Gasteiger partial charge in [-0.3, -0.25) is 4.90 Å². The monoisotopic (exact) mass is 277 g/mol. The Kier molecular flexibility index (Phi) is 5.75. The first kappa shape index (κ1) is 16.7. The summed E-state index contributed by atoms with van der Waals surface area (Å²) in [5.74, 6) is -0.181. The van der Waals surface area contributed by atoms with E-state index >= 15 is 0 Å². The third-order valence-electron chi connectivity index (χ3n) is 3.11. The normalized spacial score (nSPS) is 13.6. The molecule has 0 radical (unpaired) electrons. The first-order valence-corrected chi connectivity index (χ1v) is 7.29. The van der Waals surface area contributed by atoms with Gasteiger partial charge in [0.25, 0.3) is 0 Å². The highest BCUT2D eigenvalue weighted by Gasteiger charge is 2.32. The predicted octanol–water partition coefficient (Wildman–Crippen LogP) is 3.80. The number of hydrogen-bond donors (Lipinski definition) is 0.